The minimum atomic E-state index is -0.493. The van der Waals surface area contributed by atoms with Gasteiger partial charge in [-0.15, -0.1) is 0 Å². The molecule has 0 aliphatic heterocycles. The van der Waals surface area contributed by atoms with Crippen molar-refractivity contribution < 1.29 is 4.39 Å². The number of anilines is 2. The summed E-state index contributed by atoms with van der Waals surface area (Å²) in [7, 11) is 3.55. The van der Waals surface area contributed by atoms with E-state index in [4.69, 9.17) is 5.73 Å². The van der Waals surface area contributed by atoms with Gasteiger partial charge in [0, 0.05) is 31.2 Å². The maximum atomic E-state index is 13.7. The van der Waals surface area contributed by atoms with Crippen LogP contribution in [0.3, 0.4) is 0 Å². The molecule has 2 aromatic heterocycles. The quantitative estimate of drug-likeness (QED) is 0.732. The number of pyridine rings is 1. The molecule has 0 saturated carbocycles. The molecule has 0 amide bonds. The van der Waals surface area contributed by atoms with E-state index in [1.54, 1.807) is 25.1 Å². The molecule has 0 aliphatic rings. The van der Waals surface area contributed by atoms with Gasteiger partial charge in [-0.05, 0) is 23.8 Å². The van der Waals surface area contributed by atoms with Crippen LogP contribution in [0.15, 0.2) is 36.8 Å². The summed E-state index contributed by atoms with van der Waals surface area (Å²) in [5.74, 6) is -0.0721. The second kappa shape index (κ2) is 4.97. The van der Waals surface area contributed by atoms with Gasteiger partial charge < -0.3 is 10.6 Å². The van der Waals surface area contributed by atoms with Crippen LogP contribution in [0.2, 0.25) is 0 Å². The molecule has 106 valence electrons. The molecule has 2 heterocycles. The number of nitrogens with zero attached hydrogens (tertiary/aromatic N) is 4. The summed E-state index contributed by atoms with van der Waals surface area (Å²) >= 11 is 0. The second-order valence-electron chi connectivity index (χ2n) is 4.92. The van der Waals surface area contributed by atoms with E-state index in [-0.39, 0.29) is 0 Å². The number of fused-ring (bicyclic) bond motifs is 1. The molecule has 3 rings (SSSR count). The molecule has 0 unspecified atom stereocenters. The number of hydrogen-bond acceptors (Lipinski definition) is 5. The minimum Gasteiger partial charge on any atom is -0.383 e. The Labute approximate surface area is 121 Å². The van der Waals surface area contributed by atoms with Crippen molar-refractivity contribution in [1.29, 1.82) is 0 Å². The molecule has 0 radical (unpaired) electrons. The van der Waals surface area contributed by atoms with E-state index in [0.29, 0.717) is 11.5 Å². The number of nitrogen functional groups attached to an aromatic ring is 1. The van der Waals surface area contributed by atoms with Crippen LogP contribution < -0.4 is 10.6 Å². The second-order valence-corrected chi connectivity index (χ2v) is 4.92. The van der Waals surface area contributed by atoms with Crippen molar-refractivity contribution in [3.8, 4) is 11.1 Å². The summed E-state index contributed by atoms with van der Waals surface area (Å²) in [5, 5.41) is 0.769. The molecule has 6 heteroatoms. The molecule has 2 N–H and O–H groups in total. The van der Waals surface area contributed by atoms with Gasteiger partial charge in [-0.25, -0.2) is 15.0 Å². The van der Waals surface area contributed by atoms with Gasteiger partial charge in [0.15, 0.2) is 0 Å². The van der Waals surface area contributed by atoms with Gasteiger partial charge in [0.05, 0.1) is 11.2 Å². The third-order valence-electron chi connectivity index (χ3n) is 3.30. The molecule has 0 atom stereocenters. The standard InChI is InChI=1S/C15H14FN5/c1-21(2)13-6-10(7-18-14(13)16)9-3-4-12-11(5-9)15(17)20-8-19-12/h3-8H,1-2H3,(H2,17,19,20). The third kappa shape index (κ3) is 2.35. The molecular weight excluding hydrogens is 269 g/mol. The largest absolute Gasteiger partial charge is 0.383 e. The van der Waals surface area contributed by atoms with Gasteiger partial charge in [-0.3, -0.25) is 0 Å². The molecule has 0 aliphatic carbocycles. The van der Waals surface area contributed by atoms with Crippen LogP contribution in [0.1, 0.15) is 0 Å². The lowest BCUT2D eigenvalue weighted by Gasteiger charge is -2.14. The first-order valence-electron chi connectivity index (χ1n) is 6.40. The van der Waals surface area contributed by atoms with Gasteiger partial charge in [0.2, 0.25) is 5.95 Å². The zero-order chi connectivity index (χ0) is 15.0. The average Bonchev–Trinajstić information content (AvgIpc) is 2.47. The third-order valence-corrected chi connectivity index (χ3v) is 3.30. The normalized spacial score (nSPS) is 10.8. The molecule has 3 aromatic rings. The molecule has 0 spiro atoms. The Bertz CT molecular complexity index is 816. The van der Waals surface area contributed by atoms with Gasteiger partial charge in [0.25, 0.3) is 0 Å². The lowest BCUT2D eigenvalue weighted by Crippen LogP contribution is -2.11. The van der Waals surface area contributed by atoms with E-state index in [2.05, 4.69) is 15.0 Å². The predicted molar refractivity (Wildman–Crippen MR) is 81.5 cm³/mol. The number of rotatable bonds is 2. The Hall–Kier alpha value is -2.76. The smallest absolute Gasteiger partial charge is 0.236 e. The zero-order valence-electron chi connectivity index (χ0n) is 11.7. The lowest BCUT2D eigenvalue weighted by molar-refractivity contribution is 0.583. The summed E-state index contributed by atoms with van der Waals surface area (Å²) in [6, 6.07) is 7.41. The van der Waals surface area contributed by atoms with Gasteiger partial charge in [-0.2, -0.15) is 4.39 Å². The van der Waals surface area contributed by atoms with Crippen molar-refractivity contribution in [3.05, 3.63) is 42.7 Å². The Kier molecular flexibility index (Phi) is 3.13. The first-order chi connectivity index (χ1) is 10.1. The Morgan fingerprint density at radius 3 is 2.62 bits per heavy atom. The molecule has 0 saturated heterocycles. The highest BCUT2D eigenvalue weighted by molar-refractivity contribution is 5.91. The van der Waals surface area contributed by atoms with E-state index in [1.165, 1.54) is 12.5 Å². The first-order valence-corrected chi connectivity index (χ1v) is 6.40. The van der Waals surface area contributed by atoms with E-state index in [1.807, 2.05) is 18.2 Å². The highest BCUT2D eigenvalue weighted by Gasteiger charge is 2.09. The average molecular weight is 283 g/mol. The van der Waals surface area contributed by atoms with E-state index in [9.17, 15) is 4.39 Å². The maximum absolute atomic E-state index is 13.7. The van der Waals surface area contributed by atoms with E-state index < -0.39 is 5.95 Å². The lowest BCUT2D eigenvalue weighted by atomic mass is 10.0. The molecule has 5 nitrogen and oxygen atoms in total. The van der Waals surface area contributed by atoms with Crippen molar-refractivity contribution in [2.45, 2.75) is 0 Å². The van der Waals surface area contributed by atoms with Crippen LogP contribution in [-0.2, 0) is 0 Å². The molecule has 1 aromatic carbocycles. The molecule has 0 fully saturated rings. The monoisotopic (exact) mass is 283 g/mol. The number of halogens is 1. The van der Waals surface area contributed by atoms with Crippen molar-refractivity contribution in [2.75, 3.05) is 24.7 Å². The maximum Gasteiger partial charge on any atom is 0.236 e. The summed E-state index contributed by atoms with van der Waals surface area (Å²) < 4.78 is 13.7. The van der Waals surface area contributed by atoms with Gasteiger partial charge >= 0.3 is 0 Å². The number of benzene rings is 1. The summed E-state index contributed by atoms with van der Waals surface area (Å²) in [6.45, 7) is 0. The van der Waals surface area contributed by atoms with Crippen LogP contribution in [-0.4, -0.2) is 29.0 Å². The van der Waals surface area contributed by atoms with Crippen LogP contribution >= 0.6 is 0 Å². The highest BCUT2D eigenvalue weighted by Crippen LogP contribution is 2.28. The Morgan fingerprint density at radius 1 is 1.05 bits per heavy atom. The topological polar surface area (TPSA) is 67.9 Å². The first kappa shape index (κ1) is 13.2. The summed E-state index contributed by atoms with van der Waals surface area (Å²) in [5.41, 5.74) is 8.78. The number of aromatic nitrogens is 3. The van der Waals surface area contributed by atoms with Gasteiger partial charge in [0.1, 0.15) is 12.1 Å². The minimum absolute atomic E-state index is 0.421. The zero-order valence-corrected chi connectivity index (χ0v) is 11.7. The predicted octanol–water partition coefficient (Wildman–Crippen LogP) is 2.48. The Balaban J connectivity index is 2.16. The number of nitrogens with two attached hydrogens (primary N) is 1. The van der Waals surface area contributed by atoms with E-state index in [0.717, 1.165) is 22.0 Å². The van der Waals surface area contributed by atoms with E-state index >= 15 is 0 Å². The fourth-order valence-electron chi connectivity index (χ4n) is 2.16. The van der Waals surface area contributed by atoms with Crippen LogP contribution in [0.5, 0.6) is 0 Å². The summed E-state index contributed by atoms with van der Waals surface area (Å²) in [6.07, 6.45) is 2.93. The van der Waals surface area contributed by atoms with Crippen LogP contribution in [0, 0.1) is 5.95 Å². The summed E-state index contributed by atoms with van der Waals surface area (Å²) in [4.78, 5) is 13.6. The van der Waals surface area contributed by atoms with Crippen LogP contribution in [0.25, 0.3) is 22.0 Å². The molecular formula is C15H14FN5. The molecule has 0 bridgehead atoms. The fourth-order valence-corrected chi connectivity index (χ4v) is 2.16. The van der Waals surface area contributed by atoms with Gasteiger partial charge in [-0.1, -0.05) is 6.07 Å². The van der Waals surface area contributed by atoms with Crippen molar-refractivity contribution >= 4 is 22.4 Å². The SMILES string of the molecule is CN(C)c1cc(-c2ccc3ncnc(N)c3c2)cnc1F. The Morgan fingerprint density at radius 2 is 1.86 bits per heavy atom. The number of hydrogen-bond donors (Lipinski definition) is 1. The van der Waals surface area contributed by atoms with Crippen molar-refractivity contribution in [1.82, 2.24) is 15.0 Å². The highest BCUT2D eigenvalue weighted by atomic mass is 19.1. The van der Waals surface area contributed by atoms with Crippen molar-refractivity contribution in [3.63, 3.8) is 0 Å². The van der Waals surface area contributed by atoms with Crippen LogP contribution in [0.4, 0.5) is 15.9 Å². The van der Waals surface area contributed by atoms with Crippen molar-refractivity contribution in [2.24, 2.45) is 0 Å². The molecule has 21 heavy (non-hydrogen) atoms. The fraction of sp³-hybridized carbons (Fsp3) is 0.133.